The zero-order valence-corrected chi connectivity index (χ0v) is 19.5. The Kier molecular flexibility index (Phi) is 4.10. The number of fused-ring (bicyclic) bond motifs is 6. The SMILES string of the molecule is Cc1cccc(-c2ccc3c(c2)-c2cc(-n4c5ccccc5c5cc(C)ccc54)ccc2C3)c1. The van der Waals surface area contributed by atoms with E-state index in [0.29, 0.717) is 0 Å². The third-order valence-electron chi connectivity index (χ3n) is 7.31. The van der Waals surface area contributed by atoms with Crippen LogP contribution in [0.1, 0.15) is 22.3 Å². The first-order chi connectivity index (χ1) is 16.7. The number of nitrogens with zero attached hydrogens (tertiary/aromatic N) is 1. The van der Waals surface area contributed by atoms with Gasteiger partial charge < -0.3 is 4.57 Å². The van der Waals surface area contributed by atoms with Gasteiger partial charge >= 0.3 is 0 Å². The van der Waals surface area contributed by atoms with Gasteiger partial charge in [-0.3, -0.25) is 0 Å². The monoisotopic (exact) mass is 435 g/mol. The molecule has 1 heteroatoms. The molecule has 1 aliphatic carbocycles. The largest absolute Gasteiger partial charge is 0.309 e. The molecule has 0 aliphatic heterocycles. The normalized spacial score (nSPS) is 12.3. The van der Waals surface area contributed by atoms with Crippen molar-refractivity contribution in [2.45, 2.75) is 20.3 Å². The third-order valence-corrected chi connectivity index (χ3v) is 7.31. The highest BCUT2D eigenvalue weighted by Gasteiger charge is 2.21. The standard InChI is InChI=1S/C33H25N/c1-21-6-5-7-23(16-21)24-11-12-25-18-26-13-14-27(20-30(26)29(25)19-24)34-32-9-4-3-8-28(32)31-17-22(2)10-15-33(31)34/h3-17,19-20H,18H2,1-2H3. The van der Waals surface area contributed by atoms with Crippen molar-refractivity contribution < 1.29 is 0 Å². The van der Waals surface area contributed by atoms with Crippen molar-refractivity contribution in [1.29, 1.82) is 0 Å². The Balaban J connectivity index is 1.43. The molecule has 1 aromatic heterocycles. The predicted molar refractivity (Wildman–Crippen MR) is 144 cm³/mol. The number of hydrogen-bond acceptors (Lipinski definition) is 0. The second kappa shape index (κ2) is 7.20. The van der Waals surface area contributed by atoms with Crippen molar-refractivity contribution in [2.24, 2.45) is 0 Å². The number of para-hydroxylation sites is 1. The van der Waals surface area contributed by atoms with Gasteiger partial charge in [0.2, 0.25) is 0 Å². The Morgan fingerprint density at radius 3 is 2.15 bits per heavy atom. The molecule has 0 saturated carbocycles. The fourth-order valence-corrected chi connectivity index (χ4v) is 5.66. The van der Waals surface area contributed by atoms with Crippen LogP contribution in [-0.4, -0.2) is 4.57 Å². The first-order valence-corrected chi connectivity index (χ1v) is 12.0. The van der Waals surface area contributed by atoms with Gasteiger partial charge in [-0.05, 0) is 90.0 Å². The number of rotatable bonds is 2. The maximum atomic E-state index is 2.42. The fraction of sp³-hybridized carbons (Fsp3) is 0.0909. The second-order valence-electron chi connectivity index (χ2n) is 9.63. The lowest BCUT2D eigenvalue weighted by molar-refractivity contribution is 1.17. The molecule has 1 nitrogen and oxygen atoms in total. The maximum Gasteiger partial charge on any atom is 0.0541 e. The van der Waals surface area contributed by atoms with E-state index in [1.165, 1.54) is 72.0 Å². The van der Waals surface area contributed by atoms with Crippen LogP contribution in [0.5, 0.6) is 0 Å². The molecular formula is C33H25N. The van der Waals surface area contributed by atoms with E-state index in [1.54, 1.807) is 0 Å². The van der Waals surface area contributed by atoms with Gasteiger partial charge in [0.15, 0.2) is 0 Å². The van der Waals surface area contributed by atoms with Gasteiger partial charge in [-0.1, -0.05) is 77.9 Å². The molecule has 0 unspecified atom stereocenters. The van der Waals surface area contributed by atoms with Crippen LogP contribution >= 0.6 is 0 Å². The average molecular weight is 436 g/mol. The Hall–Kier alpha value is -4.10. The summed E-state index contributed by atoms with van der Waals surface area (Å²) in [5, 5.41) is 2.63. The molecule has 34 heavy (non-hydrogen) atoms. The molecular weight excluding hydrogens is 410 g/mol. The molecule has 0 radical (unpaired) electrons. The summed E-state index contributed by atoms with van der Waals surface area (Å²) in [6.45, 7) is 4.33. The highest BCUT2D eigenvalue weighted by molar-refractivity contribution is 6.09. The molecule has 6 aromatic rings. The van der Waals surface area contributed by atoms with Crippen molar-refractivity contribution in [3.8, 4) is 27.9 Å². The van der Waals surface area contributed by atoms with Gasteiger partial charge in [-0.15, -0.1) is 0 Å². The van der Waals surface area contributed by atoms with E-state index in [2.05, 4.69) is 122 Å². The van der Waals surface area contributed by atoms with Crippen LogP contribution in [0.3, 0.4) is 0 Å². The van der Waals surface area contributed by atoms with Crippen molar-refractivity contribution in [2.75, 3.05) is 0 Å². The molecule has 0 spiro atoms. The van der Waals surface area contributed by atoms with Crippen molar-refractivity contribution in [1.82, 2.24) is 4.57 Å². The van der Waals surface area contributed by atoms with Gasteiger partial charge in [-0.2, -0.15) is 0 Å². The number of benzene rings is 5. The van der Waals surface area contributed by atoms with E-state index in [-0.39, 0.29) is 0 Å². The zero-order chi connectivity index (χ0) is 22.8. The molecule has 7 rings (SSSR count). The summed E-state index contributed by atoms with van der Waals surface area (Å²) in [6, 6.07) is 38.3. The lowest BCUT2D eigenvalue weighted by Gasteiger charge is -2.11. The number of hydrogen-bond donors (Lipinski definition) is 0. The molecule has 0 atom stereocenters. The Labute approximate surface area is 199 Å². The quantitative estimate of drug-likeness (QED) is 0.256. The van der Waals surface area contributed by atoms with Crippen LogP contribution in [0.2, 0.25) is 0 Å². The summed E-state index contributed by atoms with van der Waals surface area (Å²) in [5.74, 6) is 0. The highest BCUT2D eigenvalue weighted by Crippen LogP contribution is 2.41. The summed E-state index contributed by atoms with van der Waals surface area (Å²) < 4.78 is 2.42. The first kappa shape index (κ1) is 19.4. The lowest BCUT2D eigenvalue weighted by atomic mass is 9.97. The van der Waals surface area contributed by atoms with Gasteiger partial charge in [0.05, 0.1) is 11.0 Å². The van der Waals surface area contributed by atoms with E-state index in [1.807, 2.05) is 0 Å². The zero-order valence-electron chi connectivity index (χ0n) is 19.5. The summed E-state index contributed by atoms with van der Waals surface area (Å²) in [5.41, 5.74) is 14.5. The van der Waals surface area contributed by atoms with Gasteiger partial charge in [-0.25, -0.2) is 0 Å². The molecule has 0 fully saturated rings. The van der Waals surface area contributed by atoms with Crippen LogP contribution in [0.15, 0.2) is 103 Å². The van der Waals surface area contributed by atoms with E-state index in [4.69, 9.17) is 0 Å². The minimum absolute atomic E-state index is 1.01. The van der Waals surface area contributed by atoms with E-state index >= 15 is 0 Å². The van der Waals surface area contributed by atoms with Crippen LogP contribution in [0.25, 0.3) is 49.7 Å². The fourth-order valence-electron chi connectivity index (χ4n) is 5.66. The van der Waals surface area contributed by atoms with Crippen molar-refractivity contribution >= 4 is 21.8 Å². The Morgan fingerprint density at radius 2 is 1.26 bits per heavy atom. The molecule has 0 N–H and O–H groups in total. The summed E-state index contributed by atoms with van der Waals surface area (Å²) in [4.78, 5) is 0. The van der Waals surface area contributed by atoms with E-state index < -0.39 is 0 Å². The lowest BCUT2D eigenvalue weighted by Crippen LogP contribution is -1.95. The molecule has 0 saturated heterocycles. The number of aryl methyl sites for hydroxylation is 2. The van der Waals surface area contributed by atoms with Gasteiger partial charge in [0.25, 0.3) is 0 Å². The summed E-state index contributed by atoms with van der Waals surface area (Å²) >= 11 is 0. The highest BCUT2D eigenvalue weighted by atomic mass is 15.0. The minimum atomic E-state index is 1.01. The molecule has 0 amide bonds. The van der Waals surface area contributed by atoms with Crippen LogP contribution in [0, 0.1) is 13.8 Å². The average Bonchev–Trinajstić information content (AvgIpc) is 3.38. The first-order valence-electron chi connectivity index (χ1n) is 12.0. The van der Waals surface area contributed by atoms with E-state index in [0.717, 1.165) is 6.42 Å². The van der Waals surface area contributed by atoms with Gasteiger partial charge in [0, 0.05) is 16.5 Å². The van der Waals surface area contributed by atoms with Crippen LogP contribution in [0.4, 0.5) is 0 Å². The number of aromatic nitrogens is 1. The molecule has 1 heterocycles. The third kappa shape index (κ3) is 2.87. The molecule has 162 valence electrons. The smallest absolute Gasteiger partial charge is 0.0541 e. The Morgan fingerprint density at radius 1 is 0.529 bits per heavy atom. The van der Waals surface area contributed by atoms with E-state index in [9.17, 15) is 0 Å². The second-order valence-corrected chi connectivity index (χ2v) is 9.63. The van der Waals surface area contributed by atoms with Crippen LogP contribution < -0.4 is 0 Å². The molecule has 0 bridgehead atoms. The summed E-state index contributed by atoms with van der Waals surface area (Å²) in [6.07, 6.45) is 1.01. The maximum absolute atomic E-state index is 2.42. The topological polar surface area (TPSA) is 4.93 Å². The van der Waals surface area contributed by atoms with Gasteiger partial charge in [0.1, 0.15) is 0 Å². The minimum Gasteiger partial charge on any atom is -0.309 e. The molecule has 5 aromatic carbocycles. The predicted octanol–water partition coefficient (Wildman–Crippen LogP) is 8.64. The Bertz CT molecular complexity index is 1750. The summed E-state index contributed by atoms with van der Waals surface area (Å²) in [7, 11) is 0. The van der Waals surface area contributed by atoms with Crippen molar-refractivity contribution in [3.05, 3.63) is 125 Å². The van der Waals surface area contributed by atoms with Crippen molar-refractivity contribution in [3.63, 3.8) is 0 Å². The molecule has 1 aliphatic rings. The van der Waals surface area contributed by atoms with Crippen LogP contribution in [-0.2, 0) is 6.42 Å².